The molecule has 0 fully saturated rings. The van der Waals surface area contributed by atoms with Crippen LogP contribution in [0, 0.1) is 6.92 Å². The van der Waals surface area contributed by atoms with E-state index in [0.717, 1.165) is 0 Å². The lowest BCUT2D eigenvalue weighted by atomic mass is 9.84. The maximum absolute atomic E-state index is 12.8. The van der Waals surface area contributed by atoms with Gasteiger partial charge in [-0.2, -0.15) is 8.42 Å². The number of carbonyl (C=O) groups excluding carboxylic acids is 2. The Kier molecular flexibility index (Phi) is 4.14. The quantitative estimate of drug-likeness (QED) is 0.514. The number of carbonyl (C=O) groups is 2. The van der Waals surface area contributed by atoms with E-state index in [1.807, 2.05) is 0 Å². The summed E-state index contributed by atoms with van der Waals surface area (Å²) in [4.78, 5) is 25.2. The molecule has 1 aliphatic carbocycles. The van der Waals surface area contributed by atoms with Crippen molar-refractivity contribution in [3.63, 3.8) is 0 Å². The fourth-order valence-corrected chi connectivity index (χ4v) is 4.01. The van der Waals surface area contributed by atoms with Crippen LogP contribution in [0.2, 0.25) is 0 Å². The molecule has 0 unspecified atom stereocenters. The molecular weight excluding hydrogens is 378 g/mol. The molecule has 0 saturated carbocycles. The maximum atomic E-state index is 12.8. The molecule has 4 rings (SSSR count). The summed E-state index contributed by atoms with van der Waals surface area (Å²) in [6.07, 6.45) is 0. The van der Waals surface area contributed by atoms with Gasteiger partial charge in [0.15, 0.2) is 11.6 Å². The van der Waals surface area contributed by atoms with Crippen molar-refractivity contribution in [3.05, 3.63) is 88.5 Å². The molecule has 6 nitrogen and oxygen atoms in total. The van der Waals surface area contributed by atoms with Crippen LogP contribution in [-0.2, 0) is 10.1 Å². The minimum atomic E-state index is -4.44. The number of hydrogen-bond donors (Lipinski definition) is 2. The number of nitrogens with one attached hydrogen (secondary N) is 1. The second kappa shape index (κ2) is 6.40. The van der Waals surface area contributed by atoms with Crippen LogP contribution < -0.4 is 5.32 Å². The molecule has 0 bridgehead atoms. The van der Waals surface area contributed by atoms with Gasteiger partial charge < -0.3 is 5.32 Å². The Morgan fingerprint density at radius 2 is 1.39 bits per heavy atom. The zero-order chi connectivity index (χ0) is 20.1. The van der Waals surface area contributed by atoms with E-state index in [4.69, 9.17) is 0 Å². The van der Waals surface area contributed by atoms with E-state index in [1.54, 1.807) is 43.3 Å². The van der Waals surface area contributed by atoms with E-state index >= 15 is 0 Å². The molecule has 0 aromatic heterocycles. The summed E-state index contributed by atoms with van der Waals surface area (Å²) in [5, 5.41) is 2.91. The minimum absolute atomic E-state index is 0.169. The van der Waals surface area contributed by atoms with Gasteiger partial charge in [-0.3, -0.25) is 14.1 Å². The van der Waals surface area contributed by atoms with Crippen LogP contribution in [0.5, 0.6) is 0 Å². The third-order valence-electron chi connectivity index (χ3n) is 4.62. The van der Waals surface area contributed by atoms with Crippen molar-refractivity contribution in [2.45, 2.75) is 11.8 Å². The van der Waals surface area contributed by atoms with Crippen molar-refractivity contribution < 1.29 is 22.6 Å². The van der Waals surface area contributed by atoms with Crippen molar-refractivity contribution in [2.24, 2.45) is 0 Å². The zero-order valence-corrected chi connectivity index (χ0v) is 15.6. The van der Waals surface area contributed by atoms with E-state index in [0.29, 0.717) is 27.9 Å². The Labute approximate surface area is 161 Å². The molecule has 3 aromatic carbocycles. The van der Waals surface area contributed by atoms with Crippen LogP contribution in [-0.4, -0.2) is 24.5 Å². The number of anilines is 2. The predicted molar refractivity (Wildman–Crippen MR) is 104 cm³/mol. The molecule has 7 heteroatoms. The molecule has 0 atom stereocenters. The summed E-state index contributed by atoms with van der Waals surface area (Å²) in [5.41, 5.74) is 2.51. The normalized spacial score (nSPS) is 13.1. The van der Waals surface area contributed by atoms with Gasteiger partial charge in [-0.1, -0.05) is 30.3 Å². The highest BCUT2D eigenvalue weighted by Gasteiger charge is 2.29. The van der Waals surface area contributed by atoms with Crippen LogP contribution in [0.25, 0.3) is 0 Å². The second-order valence-corrected chi connectivity index (χ2v) is 7.95. The molecule has 3 aromatic rings. The van der Waals surface area contributed by atoms with E-state index in [9.17, 15) is 22.6 Å². The number of benzene rings is 3. The van der Waals surface area contributed by atoms with Crippen molar-refractivity contribution in [1.82, 2.24) is 0 Å². The Hall–Kier alpha value is -3.29. The van der Waals surface area contributed by atoms with Crippen molar-refractivity contribution >= 4 is 33.1 Å². The molecule has 2 N–H and O–H groups in total. The summed E-state index contributed by atoms with van der Waals surface area (Å²) in [7, 11) is -4.44. The van der Waals surface area contributed by atoms with Crippen molar-refractivity contribution in [2.75, 3.05) is 5.32 Å². The Morgan fingerprint density at radius 1 is 0.786 bits per heavy atom. The number of hydrogen-bond acceptors (Lipinski definition) is 5. The highest BCUT2D eigenvalue weighted by molar-refractivity contribution is 7.86. The summed E-state index contributed by atoms with van der Waals surface area (Å²) in [6, 6.07) is 15.8. The van der Waals surface area contributed by atoms with Gasteiger partial charge in [-0.25, -0.2) is 0 Å². The lowest BCUT2D eigenvalue weighted by Crippen LogP contribution is -2.20. The minimum Gasteiger partial charge on any atom is -0.354 e. The molecule has 1 aliphatic rings. The lowest BCUT2D eigenvalue weighted by molar-refractivity contribution is 0.0979. The van der Waals surface area contributed by atoms with E-state index < -0.39 is 10.1 Å². The average Bonchev–Trinajstić information content (AvgIpc) is 2.66. The predicted octanol–water partition coefficient (Wildman–Crippen LogP) is 3.76. The summed E-state index contributed by atoms with van der Waals surface area (Å²) >= 11 is 0. The third kappa shape index (κ3) is 3.00. The van der Waals surface area contributed by atoms with Gasteiger partial charge >= 0.3 is 0 Å². The van der Waals surface area contributed by atoms with Gasteiger partial charge in [0.1, 0.15) is 4.90 Å². The number of aryl methyl sites for hydroxylation is 1. The largest absolute Gasteiger partial charge is 0.354 e. The van der Waals surface area contributed by atoms with Crippen LogP contribution >= 0.6 is 0 Å². The first kappa shape index (κ1) is 18.1. The molecule has 0 radical (unpaired) electrons. The summed E-state index contributed by atoms with van der Waals surface area (Å²) in [5.74, 6) is -0.501. The van der Waals surface area contributed by atoms with Crippen molar-refractivity contribution in [3.8, 4) is 0 Å². The number of ketones is 2. The van der Waals surface area contributed by atoms with Crippen LogP contribution in [0.1, 0.15) is 37.4 Å². The van der Waals surface area contributed by atoms with Gasteiger partial charge in [0.05, 0.1) is 5.69 Å². The lowest BCUT2D eigenvalue weighted by Gasteiger charge is -2.19. The number of rotatable bonds is 3. The van der Waals surface area contributed by atoms with Crippen LogP contribution in [0.15, 0.2) is 65.6 Å². The molecule has 140 valence electrons. The zero-order valence-electron chi connectivity index (χ0n) is 14.8. The summed E-state index contributed by atoms with van der Waals surface area (Å²) in [6.45, 7) is 1.71. The monoisotopic (exact) mass is 393 g/mol. The Balaban J connectivity index is 1.78. The molecule has 0 spiro atoms. The van der Waals surface area contributed by atoms with E-state index in [-0.39, 0.29) is 27.7 Å². The van der Waals surface area contributed by atoms with Gasteiger partial charge in [0.25, 0.3) is 10.1 Å². The third-order valence-corrected chi connectivity index (χ3v) is 5.51. The number of fused-ring (bicyclic) bond motifs is 2. The topological polar surface area (TPSA) is 101 Å². The SMILES string of the molecule is Cc1ccc(Nc2ccc3c(c2)C(=O)c2ccccc2C3=O)c(S(=O)(=O)O)c1. The van der Waals surface area contributed by atoms with Crippen LogP contribution in [0.4, 0.5) is 11.4 Å². The van der Waals surface area contributed by atoms with E-state index in [1.165, 1.54) is 24.3 Å². The standard InChI is InChI=1S/C21H15NO5S/c1-12-6-9-18(19(10-12)28(25,26)27)22-13-7-8-16-17(11-13)21(24)15-5-3-2-4-14(15)20(16)23/h2-11,22H,1H3,(H,25,26,27). The molecule has 0 aliphatic heterocycles. The van der Waals surface area contributed by atoms with Gasteiger partial charge in [-0.15, -0.1) is 0 Å². The summed E-state index contributed by atoms with van der Waals surface area (Å²) < 4.78 is 32.8. The fourth-order valence-electron chi connectivity index (χ4n) is 3.28. The average molecular weight is 393 g/mol. The van der Waals surface area contributed by atoms with Gasteiger partial charge in [0.2, 0.25) is 0 Å². The fraction of sp³-hybridized carbons (Fsp3) is 0.0476. The van der Waals surface area contributed by atoms with E-state index in [2.05, 4.69) is 5.32 Å². The van der Waals surface area contributed by atoms with Crippen LogP contribution in [0.3, 0.4) is 0 Å². The van der Waals surface area contributed by atoms with Crippen molar-refractivity contribution in [1.29, 1.82) is 0 Å². The smallest absolute Gasteiger partial charge is 0.296 e. The molecule has 0 amide bonds. The molecule has 0 saturated heterocycles. The Morgan fingerprint density at radius 3 is 2.04 bits per heavy atom. The first-order valence-corrected chi connectivity index (χ1v) is 9.87. The molecule has 28 heavy (non-hydrogen) atoms. The molecule has 0 heterocycles. The second-order valence-electron chi connectivity index (χ2n) is 6.56. The maximum Gasteiger partial charge on any atom is 0.296 e. The van der Waals surface area contributed by atoms with Gasteiger partial charge in [0, 0.05) is 27.9 Å². The first-order chi connectivity index (χ1) is 13.3. The highest BCUT2D eigenvalue weighted by Crippen LogP contribution is 2.31. The first-order valence-electron chi connectivity index (χ1n) is 8.43. The van der Waals surface area contributed by atoms with Gasteiger partial charge in [-0.05, 0) is 42.8 Å². The highest BCUT2D eigenvalue weighted by atomic mass is 32.2. The molecular formula is C21H15NO5S. The Bertz CT molecular complexity index is 1260.